The molecule has 0 saturated heterocycles. The molecule has 2 heterocycles. The number of pyridine rings is 1. The average molecular weight is 413 g/mol. The smallest absolute Gasteiger partial charge is 0.167 e. The van der Waals surface area contributed by atoms with Gasteiger partial charge in [0.25, 0.3) is 0 Å². The molecule has 2 fully saturated rings. The lowest BCUT2D eigenvalue weighted by atomic mass is 9.78. The van der Waals surface area contributed by atoms with Gasteiger partial charge in [0, 0.05) is 25.2 Å². The van der Waals surface area contributed by atoms with Gasteiger partial charge in [-0.15, -0.1) is 10.2 Å². The summed E-state index contributed by atoms with van der Waals surface area (Å²) in [5.41, 5.74) is 1.46. The molecule has 0 atom stereocenters. The Balaban J connectivity index is 1.32. The standard InChI is InChI=1S/C24H28FN3O2/c1-16-21(11-14-28-22(15-17-3-4-17)26-27-23(16)28)30-20-9-12-24(29-2,13-10-20)18-5-7-19(25)8-6-18/h5-8,11,14,17,20H,3-4,9-10,12-13,15H2,1-2H3/t20-,24+/i2D3. The molecule has 0 bridgehead atoms. The van der Waals surface area contributed by atoms with Gasteiger partial charge >= 0.3 is 0 Å². The monoisotopic (exact) mass is 412 g/mol. The van der Waals surface area contributed by atoms with Crippen molar-refractivity contribution in [1.29, 1.82) is 0 Å². The number of ether oxygens (including phenoxy) is 2. The number of hydrogen-bond acceptors (Lipinski definition) is 4. The van der Waals surface area contributed by atoms with Gasteiger partial charge in [-0.05, 0) is 75.1 Å². The van der Waals surface area contributed by atoms with Crippen LogP contribution in [0.3, 0.4) is 0 Å². The van der Waals surface area contributed by atoms with E-state index in [-0.39, 0.29) is 11.9 Å². The lowest BCUT2D eigenvalue weighted by Crippen LogP contribution is -2.37. The molecule has 0 radical (unpaired) electrons. The summed E-state index contributed by atoms with van der Waals surface area (Å²) in [6.45, 7) is 1.99. The van der Waals surface area contributed by atoms with E-state index < -0.39 is 12.6 Å². The second-order valence-corrected chi connectivity index (χ2v) is 8.68. The molecule has 5 nitrogen and oxygen atoms in total. The zero-order valence-electron chi connectivity index (χ0n) is 20.1. The van der Waals surface area contributed by atoms with Crippen LogP contribution in [-0.2, 0) is 16.8 Å². The van der Waals surface area contributed by atoms with Crippen molar-refractivity contribution < 1.29 is 18.0 Å². The number of aryl methyl sites for hydroxylation is 1. The van der Waals surface area contributed by atoms with Crippen LogP contribution in [0.2, 0.25) is 0 Å². The predicted molar refractivity (Wildman–Crippen MR) is 112 cm³/mol. The fraction of sp³-hybridized carbons (Fsp3) is 0.500. The molecule has 0 unspecified atom stereocenters. The van der Waals surface area contributed by atoms with Gasteiger partial charge in [0.2, 0.25) is 0 Å². The number of nitrogens with zero attached hydrogens (tertiary/aromatic N) is 3. The Morgan fingerprint density at radius 2 is 1.90 bits per heavy atom. The Hall–Kier alpha value is -2.47. The van der Waals surface area contributed by atoms with Crippen LogP contribution < -0.4 is 4.74 Å². The van der Waals surface area contributed by atoms with Crippen LogP contribution in [0.25, 0.3) is 5.65 Å². The molecule has 0 amide bonds. The summed E-state index contributed by atoms with van der Waals surface area (Å²) in [5, 5.41) is 8.76. The Morgan fingerprint density at radius 1 is 1.13 bits per heavy atom. The minimum Gasteiger partial charge on any atom is -0.490 e. The second-order valence-electron chi connectivity index (χ2n) is 8.68. The van der Waals surface area contributed by atoms with Gasteiger partial charge in [0.05, 0.1) is 15.8 Å². The molecule has 0 N–H and O–H groups in total. The van der Waals surface area contributed by atoms with Gasteiger partial charge in [-0.25, -0.2) is 4.39 Å². The van der Waals surface area contributed by atoms with Crippen molar-refractivity contribution in [3.8, 4) is 5.75 Å². The maximum atomic E-state index is 13.5. The topological polar surface area (TPSA) is 48.7 Å². The lowest BCUT2D eigenvalue weighted by molar-refractivity contribution is -0.0650. The second kappa shape index (κ2) is 7.65. The summed E-state index contributed by atoms with van der Waals surface area (Å²) in [5.74, 6) is 2.13. The van der Waals surface area contributed by atoms with E-state index in [0.717, 1.165) is 35.1 Å². The Bertz CT molecular complexity index is 1130. The van der Waals surface area contributed by atoms with Crippen molar-refractivity contribution in [3.05, 3.63) is 59.3 Å². The molecule has 2 aromatic heterocycles. The van der Waals surface area contributed by atoms with E-state index in [1.54, 1.807) is 12.1 Å². The molecule has 2 aliphatic carbocycles. The third-order valence-corrected chi connectivity index (χ3v) is 6.61. The molecule has 6 heteroatoms. The largest absolute Gasteiger partial charge is 0.490 e. The van der Waals surface area contributed by atoms with E-state index in [2.05, 4.69) is 10.2 Å². The zero-order chi connectivity index (χ0) is 23.2. The predicted octanol–water partition coefficient (Wildman–Crippen LogP) is 4.99. The highest BCUT2D eigenvalue weighted by atomic mass is 19.1. The SMILES string of the molecule is [2H]C([2H])([2H])O[C@]1(c2ccc(F)cc2)CC[C@H](Oc2ccn3c(CC4CC4)nnc3c2C)CC1. The molecule has 2 saturated carbocycles. The van der Waals surface area contributed by atoms with Crippen LogP contribution >= 0.6 is 0 Å². The van der Waals surface area contributed by atoms with E-state index in [1.165, 1.54) is 25.0 Å². The number of halogens is 1. The lowest BCUT2D eigenvalue weighted by Gasteiger charge is -2.39. The molecule has 3 aromatic rings. The van der Waals surface area contributed by atoms with Crippen LogP contribution in [0.15, 0.2) is 36.5 Å². The Kier molecular flexibility index (Phi) is 4.15. The molecule has 0 spiro atoms. The normalized spacial score (nSPS) is 26.2. The van der Waals surface area contributed by atoms with Crippen LogP contribution in [0.4, 0.5) is 4.39 Å². The quantitative estimate of drug-likeness (QED) is 0.572. The highest BCUT2D eigenvalue weighted by Gasteiger charge is 2.38. The fourth-order valence-corrected chi connectivity index (χ4v) is 4.52. The highest BCUT2D eigenvalue weighted by Crippen LogP contribution is 2.41. The Labute approximate surface area is 180 Å². The summed E-state index contributed by atoms with van der Waals surface area (Å²) >= 11 is 0. The molecule has 1 aromatic carbocycles. The van der Waals surface area contributed by atoms with Crippen LogP contribution in [-0.4, -0.2) is 27.7 Å². The first-order valence-electron chi connectivity index (χ1n) is 12.2. The van der Waals surface area contributed by atoms with Gasteiger partial charge in [-0.1, -0.05) is 12.1 Å². The molecule has 5 rings (SSSR count). The number of aromatic nitrogens is 3. The molecule has 2 aliphatic rings. The van der Waals surface area contributed by atoms with Crippen molar-refractivity contribution in [2.75, 3.05) is 7.04 Å². The van der Waals surface area contributed by atoms with Crippen LogP contribution in [0.5, 0.6) is 5.75 Å². The van der Waals surface area contributed by atoms with Crippen molar-refractivity contribution in [1.82, 2.24) is 14.6 Å². The first-order valence-corrected chi connectivity index (χ1v) is 10.7. The minimum atomic E-state index is -2.55. The van der Waals surface area contributed by atoms with Gasteiger partial charge < -0.3 is 9.47 Å². The van der Waals surface area contributed by atoms with E-state index in [9.17, 15) is 4.39 Å². The third-order valence-electron chi connectivity index (χ3n) is 6.61. The van der Waals surface area contributed by atoms with E-state index in [1.807, 2.05) is 23.6 Å². The van der Waals surface area contributed by atoms with E-state index in [4.69, 9.17) is 13.6 Å². The maximum Gasteiger partial charge on any atom is 0.167 e. The van der Waals surface area contributed by atoms with Gasteiger partial charge in [-0.2, -0.15) is 0 Å². The fourth-order valence-electron chi connectivity index (χ4n) is 4.52. The number of hydrogen-bond donors (Lipinski definition) is 0. The summed E-state index contributed by atoms with van der Waals surface area (Å²) in [7, 11) is -2.55. The number of methoxy groups -OCH3 is 1. The summed E-state index contributed by atoms with van der Waals surface area (Å²) in [6, 6.07) is 7.88. The maximum absolute atomic E-state index is 13.5. The summed E-state index contributed by atoms with van der Waals surface area (Å²) in [4.78, 5) is 0. The van der Waals surface area contributed by atoms with Crippen molar-refractivity contribution in [2.24, 2.45) is 5.92 Å². The highest BCUT2D eigenvalue weighted by molar-refractivity contribution is 5.54. The van der Waals surface area contributed by atoms with E-state index in [0.29, 0.717) is 31.2 Å². The van der Waals surface area contributed by atoms with Gasteiger partial charge in [0.1, 0.15) is 17.4 Å². The van der Waals surface area contributed by atoms with Crippen molar-refractivity contribution in [2.45, 2.75) is 63.6 Å². The summed E-state index contributed by atoms with van der Waals surface area (Å²) < 4.78 is 50.4. The number of benzene rings is 1. The van der Waals surface area contributed by atoms with Gasteiger partial charge in [-0.3, -0.25) is 4.40 Å². The first kappa shape index (κ1) is 16.3. The van der Waals surface area contributed by atoms with Gasteiger partial charge in [0.15, 0.2) is 5.65 Å². The van der Waals surface area contributed by atoms with Crippen LogP contribution in [0, 0.1) is 18.7 Å². The van der Waals surface area contributed by atoms with Crippen molar-refractivity contribution >= 4 is 5.65 Å². The van der Waals surface area contributed by atoms with Crippen molar-refractivity contribution in [3.63, 3.8) is 0 Å². The first-order chi connectivity index (χ1) is 15.7. The molecule has 30 heavy (non-hydrogen) atoms. The number of rotatable bonds is 6. The summed E-state index contributed by atoms with van der Waals surface area (Å²) in [6.07, 6.45) is 7.57. The molecule has 158 valence electrons. The van der Waals surface area contributed by atoms with Crippen LogP contribution in [0.1, 0.15) is 59.6 Å². The Morgan fingerprint density at radius 3 is 2.60 bits per heavy atom. The molecular formula is C24H28FN3O2. The average Bonchev–Trinajstić information content (AvgIpc) is 3.49. The number of fused-ring (bicyclic) bond motifs is 1. The minimum absolute atomic E-state index is 0.0752. The van der Waals surface area contributed by atoms with E-state index >= 15 is 0 Å². The molecular weight excluding hydrogens is 381 g/mol. The molecule has 0 aliphatic heterocycles. The third kappa shape index (κ3) is 3.58. The zero-order valence-corrected chi connectivity index (χ0v) is 17.1.